The van der Waals surface area contributed by atoms with Crippen LogP contribution in [0.2, 0.25) is 0 Å². The molecule has 2 rings (SSSR count). The van der Waals surface area contributed by atoms with E-state index in [1.165, 1.54) is 0 Å². The van der Waals surface area contributed by atoms with E-state index in [1.807, 2.05) is 32.9 Å². The van der Waals surface area contributed by atoms with Crippen molar-refractivity contribution >= 4 is 17.3 Å². The van der Waals surface area contributed by atoms with E-state index in [4.69, 9.17) is 4.74 Å². The first kappa shape index (κ1) is 17.3. The highest BCUT2D eigenvalue weighted by atomic mass is 16.6. The minimum absolute atomic E-state index is 0.0323. The molecule has 0 atom stereocenters. The molecule has 24 heavy (non-hydrogen) atoms. The van der Waals surface area contributed by atoms with E-state index >= 15 is 0 Å². The molecule has 0 bridgehead atoms. The molecule has 7 heteroatoms. The first-order valence-corrected chi connectivity index (χ1v) is 7.26. The first-order chi connectivity index (χ1) is 11.3. The maximum absolute atomic E-state index is 12.0. The number of carbonyl (C=O) groups is 1. The summed E-state index contributed by atoms with van der Waals surface area (Å²) in [6.45, 7) is 5.48. The summed E-state index contributed by atoms with van der Waals surface area (Å²) in [6, 6.07) is 7.30. The van der Waals surface area contributed by atoms with E-state index in [0.717, 1.165) is 34.9 Å². The topological polar surface area (TPSA) is 102 Å². The van der Waals surface area contributed by atoms with E-state index in [-0.39, 0.29) is 23.7 Å². The summed E-state index contributed by atoms with van der Waals surface area (Å²) in [5.74, 6) is -0.152. The van der Waals surface area contributed by atoms with Crippen molar-refractivity contribution in [2.75, 3.05) is 11.9 Å². The summed E-state index contributed by atoms with van der Waals surface area (Å²) in [5.41, 5.74) is 2.67. The van der Waals surface area contributed by atoms with Crippen molar-refractivity contribution in [3.05, 3.63) is 57.1 Å². The highest BCUT2D eigenvalue weighted by Crippen LogP contribution is 2.28. The standard InChI is InChI=1S/C17H18N2O5/c1-10-6-11(2)17(12(3)7-10)24-9-16(21)18-14-8-13(19(22)23)4-5-15(14)20/h4-8,20H,9H2,1-3H3,(H,18,21). The lowest BCUT2D eigenvalue weighted by molar-refractivity contribution is -0.384. The summed E-state index contributed by atoms with van der Waals surface area (Å²) in [7, 11) is 0. The SMILES string of the molecule is Cc1cc(C)c(OCC(=O)Nc2cc([N+](=O)[O-])ccc2O)c(C)c1. The van der Waals surface area contributed by atoms with Gasteiger partial charge < -0.3 is 15.2 Å². The van der Waals surface area contributed by atoms with Crippen molar-refractivity contribution < 1.29 is 19.6 Å². The van der Waals surface area contributed by atoms with E-state index in [0.29, 0.717) is 5.75 Å². The number of nitro benzene ring substituents is 1. The number of rotatable bonds is 5. The van der Waals surface area contributed by atoms with Gasteiger partial charge in [0.2, 0.25) is 0 Å². The van der Waals surface area contributed by atoms with Crippen LogP contribution in [0.4, 0.5) is 11.4 Å². The van der Waals surface area contributed by atoms with Crippen LogP contribution in [0.25, 0.3) is 0 Å². The minimum Gasteiger partial charge on any atom is -0.506 e. The van der Waals surface area contributed by atoms with Crippen molar-refractivity contribution in [3.8, 4) is 11.5 Å². The molecular weight excluding hydrogens is 312 g/mol. The molecule has 2 N–H and O–H groups in total. The summed E-state index contributed by atoms with van der Waals surface area (Å²) in [5, 5.41) is 22.8. The number of nitrogens with one attached hydrogen (secondary N) is 1. The molecule has 0 aliphatic heterocycles. The summed E-state index contributed by atoms with van der Waals surface area (Å²) in [6.07, 6.45) is 0. The van der Waals surface area contributed by atoms with Crippen molar-refractivity contribution in [3.63, 3.8) is 0 Å². The molecule has 0 aliphatic carbocycles. The van der Waals surface area contributed by atoms with Crippen LogP contribution in [0, 0.1) is 30.9 Å². The third-order valence-electron chi connectivity index (χ3n) is 3.42. The Morgan fingerprint density at radius 3 is 2.42 bits per heavy atom. The average molecular weight is 330 g/mol. The molecule has 0 saturated carbocycles. The minimum atomic E-state index is -0.607. The number of phenolic OH excluding ortho intramolecular Hbond substituents is 1. The number of hydrogen-bond acceptors (Lipinski definition) is 5. The lowest BCUT2D eigenvalue weighted by atomic mass is 10.1. The number of amides is 1. The quantitative estimate of drug-likeness (QED) is 0.498. The summed E-state index contributed by atoms with van der Waals surface area (Å²) in [4.78, 5) is 22.1. The Hall–Kier alpha value is -3.09. The Morgan fingerprint density at radius 2 is 1.83 bits per heavy atom. The van der Waals surface area contributed by atoms with Gasteiger partial charge in [-0.15, -0.1) is 0 Å². The zero-order valence-corrected chi connectivity index (χ0v) is 13.6. The lowest BCUT2D eigenvalue weighted by Crippen LogP contribution is -2.20. The molecule has 0 radical (unpaired) electrons. The van der Waals surface area contributed by atoms with Crippen LogP contribution in [0.5, 0.6) is 11.5 Å². The number of non-ortho nitro benzene ring substituents is 1. The number of aromatic hydroxyl groups is 1. The number of ether oxygens (including phenoxy) is 1. The van der Waals surface area contributed by atoms with Crippen LogP contribution in [-0.2, 0) is 4.79 Å². The Kier molecular flexibility index (Phi) is 5.03. The number of aryl methyl sites for hydroxylation is 3. The molecule has 0 spiro atoms. The van der Waals surface area contributed by atoms with Gasteiger partial charge in [-0.3, -0.25) is 14.9 Å². The first-order valence-electron chi connectivity index (χ1n) is 7.26. The zero-order valence-electron chi connectivity index (χ0n) is 13.6. The van der Waals surface area contributed by atoms with E-state index in [2.05, 4.69) is 5.32 Å². The fourth-order valence-electron chi connectivity index (χ4n) is 2.46. The molecule has 2 aromatic carbocycles. The molecule has 0 heterocycles. The van der Waals surface area contributed by atoms with Crippen molar-refractivity contribution in [2.45, 2.75) is 20.8 Å². The monoisotopic (exact) mass is 330 g/mol. The molecule has 0 aliphatic rings. The van der Waals surface area contributed by atoms with Gasteiger partial charge in [0.05, 0.1) is 10.6 Å². The van der Waals surface area contributed by atoms with Crippen LogP contribution >= 0.6 is 0 Å². The van der Waals surface area contributed by atoms with Gasteiger partial charge in [0.1, 0.15) is 11.5 Å². The fraction of sp³-hybridized carbons (Fsp3) is 0.235. The van der Waals surface area contributed by atoms with Gasteiger partial charge in [-0.1, -0.05) is 17.7 Å². The van der Waals surface area contributed by atoms with Crippen LogP contribution in [0.15, 0.2) is 30.3 Å². The van der Waals surface area contributed by atoms with Gasteiger partial charge in [0.15, 0.2) is 6.61 Å². The van der Waals surface area contributed by atoms with Crippen molar-refractivity contribution in [1.29, 1.82) is 0 Å². The number of benzene rings is 2. The van der Waals surface area contributed by atoms with Crippen molar-refractivity contribution in [1.82, 2.24) is 0 Å². The van der Waals surface area contributed by atoms with Crippen LogP contribution in [0.1, 0.15) is 16.7 Å². The number of anilines is 1. The average Bonchev–Trinajstić information content (AvgIpc) is 2.48. The van der Waals surface area contributed by atoms with Gasteiger partial charge in [-0.25, -0.2) is 0 Å². The molecule has 0 saturated heterocycles. The third-order valence-corrected chi connectivity index (χ3v) is 3.42. The highest BCUT2D eigenvalue weighted by Gasteiger charge is 2.14. The maximum atomic E-state index is 12.0. The predicted molar refractivity (Wildman–Crippen MR) is 89.5 cm³/mol. The smallest absolute Gasteiger partial charge is 0.271 e. The third kappa shape index (κ3) is 4.01. The normalized spacial score (nSPS) is 10.3. The number of nitro groups is 1. The van der Waals surface area contributed by atoms with Gasteiger partial charge >= 0.3 is 0 Å². The maximum Gasteiger partial charge on any atom is 0.271 e. The second-order valence-electron chi connectivity index (χ2n) is 5.52. The summed E-state index contributed by atoms with van der Waals surface area (Å²) >= 11 is 0. The second-order valence-corrected chi connectivity index (χ2v) is 5.52. The highest BCUT2D eigenvalue weighted by molar-refractivity contribution is 5.93. The Bertz CT molecular complexity index is 779. The molecule has 2 aromatic rings. The molecule has 0 aromatic heterocycles. The number of phenols is 1. The van der Waals surface area contributed by atoms with Gasteiger partial charge in [0.25, 0.3) is 11.6 Å². The van der Waals surface area contributed by atoms with Gasteiger partial charge in [-0.05, 0) is 38.0 Å². The summed E-state index contributed by atoms with van der Waals surface area (Å²) < 4.78 is 5.55. The van der Waals surface area contributed by atoms with Gasteiger partial charge in [-0.2, -0.15) is 0 Å². The largest absolute Gasteiger partial charge is 0.506 e. The molecule has 1 amide bonds. The predicted octanol–water partition coefficient (Wildman–Crippen LogP) is 3.24. The Labute approximate surface area is 139 Å². The molecule has 0 unspecified atom stereocenters. The Morgan fingerprint density at radius 1 is 1.21 bits per heavy atom. The molecule has 0 fully saturated rings. The fourth-order valence-corrected chi connectivity index (χ4v) is 2.46. The number of carbonyl (C=O) groups excluding carboxylic acids is 1. The van der Waals surface area contributed by atoms with Crippen molar-refractivity contribution in [2.24, 2.45) is 0 Å². The van der Waals surface area contributed by atoms with Crippen LogP contribution in [0.3, 0.4) is 0 Å². The van der Waals surface area contributed by atoms with E-state index in [1.54, 1.807) is 0 Å². The van der Waals surface area contributed by atoms with E-state index < -0.39 is 10.8 Å². The van der Waals surface area contributed by atoms with Crippen LogP contribution < -0.4 is 10.1 Å². The molecule has 126 valence electrons. The van der Waals surface area contributed by atoms with Crippen LogP contribution in [-0.4, -0.2) is 22.5 Å². The Balaban J connectivity index is 2.07. The zero-order chi connectivity index (χ0) is 17.9. The number of hydrogen-bond donors (Lipinski definition) is 2. The second kappa shape index (κ2) is 6.99. The molecule has 7 nitrogen and oxygen atoms in total. The number of nitrogens with zero attached hydrogens (tertiary/aromatic N) is 1. The molecular formula is C17H18N2O5. The van der Waals surface area contributed by atoms with E-state index in [9.17, 15) is 20.0 Å². The lowest BCUT2D eigenvalue weighted by Gasteiger charge is -2.13. The van der Waals surface area contributed by atoms with Gasteiger partial charge in [0, 0.05) is 12.1 Å².